The van der Waals surface area contributed by atoms with Gasteiger partial charge in [-0.25, -0.2) is 15.0 Å². The minimum Gasteiger partial charge on any atom is -0.476 e. The highest BCUT2D eigenvalue weighted by Gasteiger charge is 2.01. The van der Waals surface area contributed by atoms with Crippen LogP contribution in [0.5, 0.6) is 5.88 Å². The zero-order valence-electron chi connectivity index (χ0n) is 12.1. The summed E-state index contributed by atoms with van der Waals surface area (Å²) in [5.74, 6) is 1.22. The lowest BCUT2D eigenvalue weighted by Gasteiger charge is -2.11. The third-order valence-corrected chi connectivity index (χ3v) is 3.07. The van der Waals surface area contributed by atoms with Crippen molar-refractivity contribution in [1.29, 1.82) is 0 Å². The van der Waals surface area contributed by atoms with Gasteiger partial charge in [0, 0.05) is 37.7 Å². The number of halogens is 1. The van der Waals surface area contributed by atoms with Crippen LogP contribution in [0.4, 0.5) is 5.95 Å². The van der Waals surface area contributed by atoms with Crippen molar-refractivity contribution in [3.05, 3.63) is 40.8 Å². The van der Waals surface area contributed by atoms with E-state index in [0.717, 1.165) is 16.6 Å². The van der Waals surface area contributed by atoms with Gasteiger partial charge in [0.2, 0.25) is 11.8 Å². The molecule has 0 saturated carbocycles. The summed E-state index contributed by atoms with van der Waals surface area (Å²) in [4.78, 5) is 14.6. The number of nitrogens with zero attached hydrogens (tertiary/aromatic N) is 4. The van der Waals surface area contributed by atoms with Crippen LogP contribution in [-0.2, 0) is 6.54 Å². The van der Waals surface area contributed by atoms with E-state index in [1.807, 2.05) is 26.2 Å². The van der Waals surface area contributed by atoms with Crippen molar-refractivity contribution >= 4 is 21.9 Å². The molecule has 1 N–H and O–H groups in total. The predicted molar refractivity (Wildman–Crippen MR) is 85.3 cm³/mol. The molecular weight excluding hydrogens is 334 g/mol. The van der Waals surface area contributed by atoms with Crippen LogP contribution in [0.2, 0.25) is 0 Å². The number of pyridine rings is 1. The Morgan fingerprint density at radius 2 is 2.00 bits per heavy atom. The van der Waals surface area contributed by atoms with Gasteiger partial charge >= 0.3 is 0 Å². The van der Waals surface area contributed by atoms with Gasteiger partial charge in [0.1, 0.15) is 6.61 Å². The Labute approximate surface area is 132 Å². The van der Waals surface area contributed by atoms with Gasteiger partial charge in [-0.3, -0.25) is 0 Å². The maximum absolute atomic E-state index is 5.61. The molecule has 0 aliphatic heterocycles. The summed E-state index contributed by atoms with van der Waals surface area (Å²) in [6.07, 6.45) is 5.15. The van der Waals surface area contributed by atoms with Gasteiger partial charge in [0.05, 0.1) is 4.47 Å². The van der Waals surface area contributed by atoms with E-state index in [4.69, 9.17) is 4.74 Å². The predicted octanol–water partition coefficient (Wildman–Crippen LogP) is 2.19. The molecule has 0 saturated heterocycles. The molecule has 0 spiro atoms. The number of rotatable bonds is 7. The van der Waals surface area contributed by atoms with Crippen LogP contribution >= 0.6 is 15.9 Å². The molecule has 0 aliphatic rings. The van der Waals surface area contributed by atoms with Gasteiger partial charge in [-0.15, -0.1) is 0 Å². The highest BCUT2D eigenvalue weighted by molar-refractivity contribution is 9.10. The second kappa shape index (κ2) is 7.90. The molecule has 0 atom stereocenters. The number of nitrogens with one attached hydrogen (secondary N) is 1. The van der Waals surface area contributed by atoms with E-state index < -0.39 is 0 Å². The van der Waals surface area contributed by atoms with Gasteiger partial charge in [0.25, 0.3) is 0 Å². The van der Waals surface area contributed by atoms with Gasteiger partial charge in [-0.05, 0) is 41.7 Å². The van der Waals surface area contributed by atoms with Crippen molar-refractivity contribution in [2.75, 3.05) is 32.6 Å². The first kappa shape index (κ1) is 15.7. The SMILES string of the molecule is CN(C)CCOc1cc(CNc2ncc(Br)cn2)ccn1. The van der Waals surface area contributed by atoms with Crippen molar-refractivity contribution in [1.82, 2.24) is 19.9 Å². The third kappa shape index (κ3) is 5.65. The summed E-state index contributed by atoms with van der Waals surface area (Å²) in [5.41, 5.74) is 1.07. The van der Waals surface area contributed by atoms with E-state index in [0.29, 0.717) is 25.0 Å². The molecule has 112 valence electrons. The molecule has 21 heavy (non-hydrogen) atoms. The Hall–Kier alpha value is -1.73. The summed E-state index contributed by atoms with van der Waals surface area (Å²) in [6, 6.07) is 3.85. The summed E-state index contributed by atoms with van der Waals surface area (Å²) < 4.78 is 6.46. The molecule has 2 rings (SSSR count). The van der Waals surface area contributed by atoms with E-state index in [2.05, 4.69) is 41.1 Å². The molecule has 0 bridgehead atoms. The monoisotopic (exact) mass is 351 g/mol. The number of ether oxygens (including phenoxy) is 1. The number of hydrogen-bond donors (Lipinski definition) is 1. The Kier molecular flexibility index (Phi) is 5.89. The molecule has 0 fully saturated rings. The quantitative estimate of drug-likeness (QED) is 0.824. The molecule has 2 aromatic rings. The van der Waals surface area contributed by atoms with Gasteiger partial charge in [0.15, 0.2) is 0 Å². The average molecular weight is 352 g/mol. The number of likely N-dealkylation sites (N-methyl/N-ethyl adjacent to an activating group) is 1. The zero-order chi connectivity index (χ0) is 15.1. The lowest BCUT2D eigenvalue weighted by molar-refractivity contribution is 0.253. The van der Waals surface area contributed by atoms with Crippen LogP contribution < -0.4 is 10.1 Å². The van der Waals surface area contributed by atoms with Gasteiger partial charge < -0.3 is 15.0 Å². The van der Waals surface area contributed by atoms with Gasteiger partial charge in [-0.2, -0.15) is 0 Å². The van der Waals surface area contributed by atoms with Crippen LogP contribution in [0.25, 0.3) is 0 Å². The molecule has 0 amide bonds. The molecule has 0 aliphatic carbocycles. The van der Waals surface area contributed by atoms with E-state index >= 15 is 0 Å². The summed E-state index contributed by atoms with van der Waals surface area (Å²) in [7, 11) is 4.02. The largest absolute Gasteiger partial charge is 0.476 e. The van der Waals surface area contributed by atoms with Crippen molar-refractivity contribution in [2.24, 2.45) is 0 Å². The van der Waals surface area contributed by atoms with Crippen LogP contribution in [-0.4, -0.2) is 47.1 Å². The first-order chi connectivity index (χ1) is 10.1. The summed E-state index contributed by atoms with van der Waals surface area (Å²) in [5, 5.41) is 3.16. The molecule has 0 aromatic carbocycles. The third-order valence-electron chi connectivity index (χ3n) is 2.66. The Morgan fingerprint density at radius 1 is 1.24 bits per heavy atom. The van der Waals surface area contributed by atoms with E-state index in [1.54, 1.807) is 18.6 Å². The fourth-order valence-corrected chi connectivity index (χ4v) is 1.76. The first-order valence-corrected chi connectivity index (χ1v) is 7.36. The standard InChI is InChI=1S/C14H18BrN5O/c1-20(2)5-6-21-13-7-11(3-4-16-13)8-17-14-18-9-12(15)10-19-14/h3-4,7,9-10H,5-6,8H2,1-2H3,(H,17,18,19). The average Bonchev–Trinajstić information content (AvgIpc) is 2.47. The zero-order valence-corrected chi connectivity index (χ0v) is 13.7. The molecule has 7 heteroatoms. The number of aromatic nitrogens is 3. The highest BCUT2D eigenvalue weighted by atomic mass is 79.9. The minimum atomic E-state index is 0.588. The van der Waals surface area contributed by atoms with Crippen LogP contribution in [0.3, 0.4) is 0 Å². The van der Waals surface area contributed by atoms with Crippen LogP contribution in [0.1, 0.15) is 5.56 Å². The minimum absolute atomic E-state index is 0.588. The normalized spacial score (nSPS) is 10.7. The van der Waals surface area contributed by atoms with Crippen LogP contribution in [0, 0.1) is 0 Å². The van der Waals surface area contributed by atoms with Crippen molar-refractivity contribution in [3.8, 4) is 5.88 Å². The Bertz CT molecular complexity index is 562. The molecule has 0 radical (unpaired) electrons. The second-order valence-corrected chi connectivity index (χ2v) is 5.65. The molecule has 2 heterocycles. The molecule has 0 unspecified atom stereocenters. The van der Waals surface area contributed by atoms with Crippen LogP contribution in [0.15, 0.2) is 35.2 Å². The second-order valence-electron chi connectivity index (χ2n) is 4.73. The smallest absolute Gasteiger partial charge is 0.222 e. The maximum Gasteiger partial charge on any atom is 0.222 e. The lowest BCUT2D eigenvalue weighted by Crippen LogP contribution is -2.19. The fourth-order valence-electron chi connectivity index (χ4n) is 1.56. The Balaban J connectivity index is 1.87. The summed E-state index contributed by atoms with van der Waals surface area (Å²) >= 11 is 3.30. The highest BCUT2D eigenvalue weighted by Crippen LogP contribution is 2.11. The fraction of sp³-hybridized carbons (Fsp3) is 0.357. The molecule has 2 aromatic heterocycles. The number of anilines is 1. The topological polar surface area (TPSA) is 63.2 Å². The lowest BCUT2D eigenvalue weighted by atomic mass is 10.2. The summed E-state index contributed by atoms with van der Waals surface area (Å²) in [6.45, 7) is 2.10. The van der Waals surface area contributed by atoms with E-state index in [1.165, 1.54) is 0 Å². The Morgan fingerprint density at radius 3 is 2.71 bits per heavy atom. The van der Waals surface area contributed by atoms with E-state index in [9.17, 15) is 0 Å². The van der Waals surface area contributed by atoms with Crippen molar-refractivity contribution in [2.45, 2.75) is 6.54 Å². The molecule has 6 nitrogen and oxygen atoms in total. The number of hydrogen-bond acceptors (Lipinski definition) is 6. The van der Waals surface area contributed by atoms with Crippen molar-refractivity contribution < 1.29 is 4.74 Å². The first-order valence-electron chi connectivity index (χ1n) is 6.57. The van der Waals surface area contributed by atoms with Gasteiger partial charge in [-0.1, -0.05) is 0 Å². The van der Waals surface area contributed by atoms with Crippen molar-refractivity contribution in [3.63, 3.8) is 0 Å². The maximum atomic E-state index is 5.61. The molecular formula is C14H18BrN5O. The van der Waals surface area contributed by atoms with E-state index in [-0.39, 0.29) is 0 Å².